The van der Waals surface area contributed by atoms with Crippen molar-refractivity contribution >= 4 is 39.0 Å². The van der Waals surface area contributed by atoms with E-state index in [4.69, 9.17) is 11.6 Å². The molecule has 0 aromatic heterocycles. The second-order valence-corrected chi connectivity index (χ2v) is 8.16. The van der Waals surface area contributed by atoms with Gasteiger partial charge >= 0.3 is 0 Å². The number of benzene rings is 1. The van der Waals surface area contributed by atoms with Crippen LogP contribution < -0.4 is 0 Å². The lowest BCUT2D eigenvalue weighted by atomic mass is 10.1. The normalized spacial score (nSPS) is 13.3. The van der Waals surface area contributed by atoms with Crippen LogP contribution in [0.1, 0.15) is 17.3 Å². The maximum atomic E-state index is 12.0. The highest BCUT2D eigenvalue weighted by molar-refractivity contribution is 8.01. The average Bonchev–Trinajstić information content (AvgIpc) is 2.27. The Morgan fingerprint density at radius 1 is 1.33 bits per heavy atom. The van der Waals surface area contributed by atoms with Crippen molar-refractivity contribution in [1.29, 1.82) is 0 Å². The van der Waals surface area contributed by atoms with Crippen LogP contribution in [0.4, 0.5) is 0 Å². The van der Waals surface area contributed by atoms with E-state index in [9.17, 15) is 13.2 Å². The van der Waals surface area contributed by atoms with E-state index < -0.39 is 9.84 Å². The van der Waals surface area contributed by atoms with Gasteiger partial charge in [0.2, 0.25) is 0 Å². The van der Waals surface area contributed by atoms with E-state index in [1.54, 1.807) is 31.2 Å². The number of sulfone groups is 1. The zero-order valence-electron chi connectivity index (χ0n) is 10.2. The number of ketones is 1. The molecule has 0 aliphatic heterocycles. The lowest BCUT2D eigenvalue weighted by Gasteiger charge is -2.09. The highest BCUT2D eigenvalue weighted by atomic mass is 35.5. The Balaban J connectivity index is 2.54. The number of Topliss-reactive ketones (excluding diaryl/α,β-unsaturated/α-hetero) is 1. The summed E-state index contributed by atoms with van der Waals surface area (Å²) in [5, 5.41) is 0.330. The molecule has 6 heteroatoms. The highest BCUT2D eigenvalue weighted by Gasteiger charge is 2.16. The molecule has 0 radical (unpaired) electrons. The van der Waals surface area contributed by atoms with Gasteiger partial charge in [0.05, 0.1) is 11.0 Å². The van der Waals surface area contributed by atoms with Crippen LogP contribution in [-0.4, -0.2) is 37.2 Å². The molecular formula is C12H15ClO3S2. The summed E-state index contributed by atoms with van der Waals surface area (Å²) < 4.78 is 22.0. The quantitative estimate of drug-likeness (QED) is 0.758. The Kier molecular flexibility index (Phi) is 5.69. The minimum Gasteiger partial charge on any atom is -0.293 e. The van der Waals surface area contributed by atoms with E-state index in [2.05, 4.69) is 0 Å². The number of carbonyl (C=O) groups excluding carboxylic acids is 1. The molecule has 0 fully saturated rings. The molecule has 0 aliphatic carbocycles. The molecule has 0 amide bonds. The van der Waals surface area contributed by atoms with Gasteiger partial charge in [0, 0.05) is 22.6 Å². The molecule has 18 heavy (non-hydrogen) atoms. The van der Waals surface area contributed by atoms with Gasteiger partial charge in [-0.25, -0.2) is 8.42 Å². The smallest absolute Gasteiger partial charge is 0.175 e. The largest absolute Gasteiger partial charge is 0.293 e. The van der Waals surface area contributed by atoms with Gasteiger partial charge in [-0.3, -0.25) is 4.79 Å². The topological polar surface area (TPSA) is 51.2 Å². The minimum absolute atomic E-state index is 0.00910. The van der Waals surface area contributed by atoms with E-state index in [0.717, 1.165) is 0 Å². The van der Waals surface area contributed by atoms with Gasteiger partial charge in [-0.05, 0) is 31.2 Å². The molecule has 1 unspecified atom stereocenters. The Morgan fingerprint density at radius 3 is 2.39 bits per heavy atom. The van der Waals surface area contributed by atoms with Gasteiger partial charge in [0.15, 0.2) is 5.78 Å². The van der Waals surface area contributed by atoms with E-state index in [0.29, 0.717) is 16.3 Å². The molecule has 0 bridgehead atoms. The third-order valence-corrected chi connectivity index (χ3v) is 4.93. The first kappa shape index (κ1) is 15.5. The van der Waals surface area contributed by atoms with Crippen molar-refractivity contribution in [3.05, 3.63) is 34.9 Å². The van der Waals surface area contributed by atoms with E-state index >= 15 is 0 Å². The first-order valence-electron chi connectivity index (χ1n) is 5.39. The summed E-state index contributed by atoms with van der Waals surface area (Å²) >= 11 is 7.10. The number of rotatable bonds is 6. The molecule has 0 N–H and O–H groups in total. The van der Waals surface area contributed by atoms with Crippen LogP contribution in [0, 0.1) is 0 Å². The van der Waals surface area contributed by atoms with Gasteiger partial charge < -0.3 is 0 Å². The van der Waals surface area contributed by atoms with Gasteiger partial charge in [0.1, 0.15) is 9.84 Å². The molecule has 0 heterocycles. The fourth-order valence-corrected chi connectivity index (χ4v) is 3.66. The van der Waals surface area contributed by atoms with Crippen LogP contribution in [0.2, 0.25) is 5.02 Å². The van der Waals surface area contributed by atoms with Gasteiger partial charge in [-0.1, -0.05) is 11.6 Å². The molecular weight excluding hydrogens is 292 g/mol. The average molecular weight is 307 g/mol. The van der Waals surface area contributed by atoms with Crippen LogP contribution in [0.5, 0.6) is 0 Å². The Hall–Kier alpha value is -0.520. The fourth-order valence-electron chi connectivity index (χ4n) is 1.30. The predicted molar refractivity (Wildman–Crippen MR) is 77.4 cm³/mol. The van der Waals surface area contributed by atoms with E-state index in [-0.39, 0.29) is 16.8 Å². The van der Waals surface area contributed by atoms with Crippen molar-refractivity contribution in [2.45, 2.75) is 12.2 Å². The summed E-state index contributed by atoms with van der Waals surface area (Å²) in [6.07, 6.45) is 1.19. The van der Waals surface area contributed by atoms with Crippen molar-refractivity contribution in [2.75, 3.05) is 17.8 Å². The third-order valence-electron chi connectivity index (χ3n) is 2.32. The second kappa shape index (κ2) is 6.59. The van der Waals surface area contributed by atoms with Gasteiger partial charge in [-0.2, -0.15) is 0 Å². The van der Waals surface area contributed by atoms with Crippen LogP contribution in [0.3, 0.4) is 0 Å². The summed E-state index contributed by atoms with van der Waals surface area (Å²) in [4.78, 5) is 12.0. The zero-order chi connectivity index (χ0) is 13.8. The van der Waals surface area contributed by atoms with Crippen molar-refractivity contribution in [2.24, 2.45) is 0 Å². The number of carbonyl (C=O) groups is 1. The van der Waals surface area contributed by atoms with Gasteiger partial charge in [-0.15, -0.1) is 11.8 Å². The summed E-state index contributed by atoms with van der Waals surface area (Å²) in [5.41, 5.74) is 0.596. The lowest BCUT2D eigenvalue weighted by molar-refractivity contribution is 0.0994. The molecule has 1 atom stereocenters. The molecule has 0 spiro atoms. The van der Waals surface area contributed by atoms with Gasteiger partial charge in [0.25, 0.3) is 0 Å². The first-order valence-corrected chi connectivity index (χ1v) is 8.87. The molecule has 100 valence electrons. The monoisotopic (exact) mass is 306 g/mol. The number of halogens is 1. The first-order chi connectivity index (χ1) is 8.29. The molecule has 0 saturated heterocycles. The molecule has 1 rings (SSSR count). The number of thioether (sulfide) groups is 1. The van der Waals surface area contributed by atoms with Crippen LogP contribution in [0.15, 0.2) is 24.3 Å². The van der Waals surface area contributed by atoms with Crippen LogP contribution in [0.25, 0.3) is 0 Å². The summed E-state index contributed by atoms with van der Waals surface area (Å²) in [6.45, 7) is 1.78. The van der Waals surface area contributed by atoms with E-state index in [1.807, 2.05) is 0 Å². The number of hydrogen-bond donors (Lipinski definition) is 0. The standard InChI is InChI=1S/C12H15ClO3S2/c1-9(17-7-8-18(2,15)16)12(14)10-3-5-11(13)6-4-10/h3-6,9H,7-8H2,1-2H3. The summed E-state index contributed by atoms with van der Waals surface area (Å²) in [7, 11) is -2.97. The van der Waals surface area contributed by atoms with Crippen molar-refractivity contribution in [3.63, 3.8) is 0 Å². The highest BCUT2D eigenvalue weighted by Crippen LogP contribution is 2.18. The molecule has 1 aromatic rings. The van der Waals surface area contributed by atoms with Crippen molar-refractivity contribution in [3.8, 4) is 0 Å². The molecule has 1 aromatic carbocycles. The second-order valence-electron chi connectivity index (χ2n) is 4.01. The van der Waals surface area contributed by atoms with Crippen molar-refractivity contribution in [1.82, 2.24) is 0 Å². The fraction of sp³-hybridized carbons (Fsp3) is 0.417. The van der Waals surface area contributed by atoms with Crippen LogP contribution in [-0.2, 0) is 9.84 Å². The van der Waals surface area contributed by atoms with Crippen molar-refractivity contribution < 1.29 is 13.2 Å². The number of hydrogen-bond acceptors (Lipinski definition) is 4. The SMILES string of the molecule is CC(SCCS(C)(=O)=O)C(=O)c1ccc(Cl)cc1. The van der Waals surface area contributed by atoms with Crippen LogP contribution >= 0.6 is 23.4 Å². The summed E-state index contributed by atoms with van der Waals surface area (Å²) in [6, 6.07) is 6.70. The Bertz CT molecular complexity index is 509. The molecule has 0 saturated carbocycles. The predicted octanol–water partition coefficient (Wildman–Crippen LogP) is 2.69. The minimum atomic E-state index is -2.97. The molecule has 3 nitrogen and oxygen atoms in total. The Labute approximate surface area is 117 Å². The Morgan fingerprint density at radius 2 is 1.89 bits per heavy atom. The maximum absolute atomic E-state index is 12.0. The molecule has 0 aliphatic rings. The third kappa shape index (κ3) is 5.42. The van der Waals surface area contributed by atoms with E-state index in [1.165, 1.54) is 18.0 Å². The lowest BCUT2D eigenvalue weighted by Crippen LogP contribution is -2.16. The zero-order valence-corrected chi connectivity index (χ0v) is 12.6. The summed E-state index contributed by atoms with van der Waals surface area (Å²) in [5.74, 6) is 0.514. The maximum Gasteiger partial charge on any atom is 0.175 e.